The van der Waals surface area contributed by atoms with E-state index in [1.807, 2.05) is 24.3 Å². The van der Waals surface area contributed by atoms with Crippen molar-refractivity contribution in [3.8, 4) is 10.6 Å². The van der Waals surface area contributed by atoms with Crippen LogP contribution in [-0.4, -0.2) is 36.3 Å². The van der Waals surface area contributed by atoms with Gasteiger partial charge in [-0.2, -0.15) is 4.39 Å². The highest BCUT2D eigenvalue weighted by Crippen LogP contribution is 2.33. The summed E-state index contributed by atoms with van der Waals surface area (Å²) in [5, 5.41) is 11.1. The highest BCUT2D eigenvalue weighted by atomic mass is 32.1. The Kier molecular flexibility index (Phi) is 4.85. The van der Waals surface area contributed by atoms with Crippen molar-refractivity contribution in [1.82, 2.24) is 15.3 Å². The Balaban J connectivity index is 1.69. The van der Waals surface area contributed by atoms with E-state index in [1.54, 1.807) is 19.3 Å². The van der Waals surface area contributed by atoms with E-state index in [9.17, 15) is 4.39 Å². The third-order valence-electron chi connectivity index (χ3n) is 4.67. The minimum Gasteiger partial charge on any atom is -0.393 e. The van der Waals surface area contributed by atoms with Crippen LogP contribution in [0.5, 0.6) is 0 Å². The van der Waals surface area contributed by atoms with E-state index in [0.717, 1.165) is 47.3 Å². The van der Waals surface area contributed by atoms with Gasteiger partial charge < -0.3 is 15.6 Å². The van der Waals surface area contributed by atoms with Gasteiger partial charge in [0, 0.05) is 38.1 Å². The molecule has 0 bridgehead atoms. The molecule has 1 aliphatic rings. The van der Waals surface area contributed by atoms with Crippen molar-refractivity contribution in [3.63, 3.8) is 0 Å². The van der Waals surface area contributed by atoms with Crippen LogP contribution in [-0.2, 0) is 0 Å². The van der Waals surface area contributed by atoms with Crippen molar-refractivity contribution in [3.05, 3.63) is 48.0 Å². The summed E-state index contributed by atoms with van der Waals surface area (Å²) in [7, 11) is 1.80. The fraction of sp³-hybridized carbons (Fsp3) is 0.250. The second-order valence-electron chi connectivity index (χ2n) is 6.44. The summed E-state index contributed by atoms with van der Waals surface area (Å²) in [6.07, 6.45) is 5.32. The molecule has 7 heteroatoms. The van der Waals surface area contributed by atoms with Gasteiger partial charge in [0.1, 0.15) is 10.8 Å². The number of pyridine rings is 1. The minimum absolute atomic E-state index is 0.429. The molecule has 27 heavy (non-hydrogen) atoms. The number of hydrogen-bond acceptors (Lipinski definition) is 6. The molecule has 1 saturated heterocycles. The summed E-state index contributed by atoms with van der Waals surface area (Å²) in [6, 6.07) is 9.49. The van der Waals surface area contributed by atoms with Gasteiger partial charge in [-0.05, 0) is 42.7 Å². The zero-order valence-electron chi connectivity index (χ0n) is 15.0. The van der Waals surface area contributed by atoms with Gasteiger partial charge in [0.25, 0.3) is 0 Å². The molecule has 0 amide bonds. The second-order valence-corrected chi connectivity index (χ2v) is 7.47. The molecule has 1 fully saturated rings. The molecule has 138 valence electrons. The van der Waals surface area contributed by atoms with Crippen molar-refractivity contribution in [1.29, 1.82) is 5.41 Å². The number of allylic oxidation sites excluding steroid dienone is 1. The van der Waals surface area contributed by atoms with Crippen molar-refractivity contribution >= 4 is 39.2 Å². The van der Waals surface area contributed by atoms with E-state index in [2.05, 4.69) is 20.2 Å². The summed E-state index contributed by atoms with van der Waals surface area (Å²) >= 11 is 1.45. The number of hydrogen-bond donors (Lipinski definition) is 2. The fourth-order valence-electron chi connectivity index (χ4n) is 3.29. The number of benzene rings is 1. The van der Waals surface area contributed by atoms with Gasteiger partial charge in [-0.1, -0.05) is 6.07 Å². The van der Waals surface area contributed by atoms with Crippen LogP contribution in [0.15, 0.2) is 36.5 Å². The molecule has 1 aromatic carbocycles. The minimum atomic E-state index is -0.478. The Morgan fingerprint density at radius 3 is 2.74 bits per heavy atom. The molecule has 0 spiro atoms. The Labute approximate surface area is 161 Å². The molecular formula is C20H20FN5S. The number of anilines is 1. The van der Waals surface area contributed by atoms with Gasteiger partial charge in [0.2, 0.25) is 5.95 Å². The predicted octanol–water partition coefficient (Wildman–Crippen LogP) is 4.31. The molecular weight excluding hydrogens is 361 g/mol. The van der Waals surface area contributed by atoms with E-state index >= 15 is 0 Å². The highest BCUT2D eigenvalue weighted by Gasteiger charge is 2.18. The molecule has 0 radical (unpaired) electrons. The maximum Gasteiger partial charge on any atom is 0.225 e. The third-order valence-corrected chi connectivity index (χ3v) is 5.74. The monoisotopic (exact) mass is 381 g/mol. The number of fused-ring (bicyclic) bond motifs is 1. The standard InChI is InChI=1S/C20H20FN5S/c1-23-12-14(11-22)13-4-6-17-16(10-13)24-20(27-17)15-5-7-18(25-19(15)21)26-8-2-3-9-26/h4-7,10-12,22-23H,2-3,8-9H2,1H3/b14-12+,22-11?. The third kappa shape index (κ3) is 3.42. The van der Waals surface area contributed by atoms with Gasteiger partial charge in [0.15, 0.2) is 0 Å². The quantitative estimate of drug-likeness (QED) is 0.511. The van der Waals surface area contributed by atoms with Crippen LogP contribution in [0.4, 0.5) is 10.2 Å². The van der Waals surface area contributed by atoms with Gasteiger partial charge in [-0.15, -0.1) is 11.3 Å². The van der Waals surface area contributed by atoms with E-state index in [-0.39, 0.29) is 0 Å². The largest absolute Gasteiger partial charge is 0.393 e. The van der Waals surface area contributed by atoms with Crippen LogP contribution in [0, 0.1) is 11.4 Å². The fourth-order valence-corrected chi connectivity index (χ4v) is 4.25. The molecule has 3 aromatic rings. The van der Waals surface area contributed by atoms with Gasteiger partial charge in [-0.3, -0.25) is 0 Å². The Morgan fingerprint density at radius 2 is 2.04 bits per heavy atom. The molecule has 0 saturated carbocycles. The number of aromatic nitrogens is 2. The first-order valence-electron chi connectivity index (χ1n) is 8.90. The van der Waals surface area contributed by atoms with E-state index < -0.39 is 5.95 Å². The molecule has 0 atom stereocenters. The number of nitrogens with one attached hydrogen (secondary N) is 2. The Hall–Kier alpha value is -2.80. The molecule has 1 aliphatic heterocycles. The predicted molar refractivity (Wildman–Crippen MR) is 110 cm³/mol. The van der Waals surface area contributed by atoms with Crippen LogP contribution in [0.2, 0.25) is 0 Å². The summed E-state index contributed by atoms with van der Waals surface area (Å²) in [6.45, 7) is 1.87. The topological polar surface area (TPSA) is 64.9 Å². The van der Waals surface area contributed by atoms with Gasteiger partial charge in [-0.25, -0.2) is 9.97 Å². The van der Waals surface area contributed by atoms with Crippen LogP contribution in [0.3, 0.4) is 0 Å². The van der Waals surface area contributed by atoms with Gasteiger partial charge in [0.05, 0.1) is 15.8 Å². The highest BCUT2D eigenvalue weighted by molar-refractivity contribution is 7.21. The Bertz CT molecular complexity index is 1020. The lowest BCUT2D eigenvalue weighted by atomic mass is 10.1. The molecule has 0 unspecified atom stereocenters. The molecule has 3 heterocycles. The summed E-state index contributed by atoms with van der Waals surface area (Å²) in [5.41, 5.74) is 2.88. The molecule has 2 aromatic heterocycles. The lowest BCUT2D eigenvalue weighted by Gasteiger charge is -2.16. The zero-order valence-corrected chi connectivity index (χ0v) is 15.8. The van der Waals surface area contributed by atoms with Crippen LogP contribution < -0.4 is 10.2 Å². The van der Waals surface area contributed by atoms with Crippen LogP contribution in [0.25, 0.3) is 26.4 Å². The molecule has 5 nitrogen and oxygen atoms in total. The molecule has 4 rings (SSSR count). The average molecular weight is 381 g/mol. The van der Waals surface area contributed by atoms with Crippen molar-refractivity contribution in [2.75, 3.05) is 25.0 Å². The van der Waals surface area contributed by atoms with E-state index in [1.165, 1.54) is 17.6 Å². The first-order chi connectivity index (χ1) is 13.2. The van der Waals surface area contributed by atoms with Crippen LogP contribution >= 0.6 is 11.3 Å². The molecule has 0 aliphatic carbocycles. The maximum absolute atomic E-state index is 14.7. The number of rotatable bonds is 5. The number of thiazole rings is 1. The summed E-state index contributed by atoms with van der Waals surface area (Å²) in [5.74, 6) is 0.221. The normalized spacial score (nSPS) is 14.7. The number of nitrogens with zero attached hydrogens (tertiary/aromatic N) is 3. The van der Waals surface area contributed by atoms with Crippen molar-refractivity contribution in [2.45, 2.75) is 12.8 Å². The maximum atomic E-state index is 14.7. The number of halogens is 1. The van der Waals surface area contributed by atoms with E-state index in [0.29, 0.717) is 16.4 Å². The van der Waals surface area contributed by atoms with Gasteiger partial charge >= 0.3 is 0 Å². The molecule has 2 N–H and O–H groups in total. The smallest absolute Gasteiger partial charge is 0.225 e. The van der Waals surface area contributed by atoms with Crippen molar-refractivity contribution < 1.29 is 4.39 Å². The zero-order chi connectivity index (χ0) is 18.8. The Morgan fingerprint density at radius 1 is 1.22 bits per heavy atom. The van der Waals surface area contributed by atoms with Crippen LogP contribution in [0.1, 0.15) is 18.4 Å². The van der Waals surface area contributed by atoms with E-state index in [4.69, 9.17) is 5.41 Å². The first kappa shape index (κ1) is 17.6. The summed E-state index contributed by atoms with van der Waals surface area (Å²) < 4.78 is 15.6. The lowest BCUT2D eigenvalue weighted by molar-refractivity contribution is 0.586. The average Bonchev–Trinajstić information content (AvgIpc) is 3.35. The second kappa shape index (κ2) is 7.44. The lowest BCUT2D eigenvalue weighted by Crippen LogP contribution is -2.19. The van der Waals surface area contributed by atoms with Crippen molar-refractivity contribution in [2.24, 2.45) is 0 Å². The summed E-state index contributed by atoms with van der Waals surface area (Å²) in [4.78, 5) is 10.9. The first-order valence-corrected chi connectivity index (χ1v) is 9.72. The SMILES string of the molecule is CN/C=C(\C=N)c1ccc2sc(-c3ccc(N4CCCC4)nc3F)nc2c1.